The molecule has 0 bridgehead atoms. The SMILES string of the molecule is CC(C)(NC(=O)c1ccccc1Cl)c1nc2ccccc2[nH]1. The van der Waals surface area contributed by atoms with E-state index < -0.39 is 5.54 Å². The van der Waals surface area contributed by atoms with Crippen molar-refractivity contribution in [1.29, 1.82) is 0 Å². The lowest BCUT2D eigenvalue weighted by Gasteiger charge is -2.24. The van der Waals surface area contributed by atoms with Gasteiger partial charge in [0.25, 0.3) is 5.91 Å². The maximum atomic E-state index is 12.4. The molecule has 0 atom stereocenters. The van der Waals surface area contributed by atoms with Gasteiger partial charge < -0.3 is 10.3 Å². The first-order chi connectivity index (χ1) is 10.5. The average Bonchev–Trinajstić information content (AvgIpc) is 2.92. The molecule has 3 rings (SSSR count). The van der Waals surface area contributed by atoms with Crippen molar-refractivity contribution in [3.63, 3.8) is 0 Å². The zero-order chi connectivity index (χ0) is 15.7. The van der Waals surface area contributed by atoms with Gasteiger partial charge in [0.2, 0.25) is 0 Å². The van der Waals surface area contributed by atoms with Crippen LogP contribution >= 0.6 is 11.6 Å². The van der Waals surface area contributed by atoms with E-state index in [2.05, 4.69) is 15.3 Å². The van der Waals surface area contributed by atoms with Crippen molar-refractivity contribution in [2.24, 2.45) is 0 Å². The molecule has 0 aliphatic rings. The monoisotopic (exact) mass is 313 g/mol. The van der Waals surface area contributed by atoms with Crippen molar-refractivity contribution < 1.29 is 4.79 Å². The smallest absolute Gasteiger partial charge is 0.253 e. The van der Waals surface area contributed by atoms with Gasteiger partial charge in [-0.25, -0.2) is 4.98 Å². The Kier molecular flexibility index (Phi) is 3.62. The van der Waals surface area contributed by atoms with E-state index in [-0.39, 0.29) is 5.91 Å². The van der Waals surface area contributed by atoms with Crippen molar-refractivity contribution >= 4 is 28.5 Å². The molecular weight excluding hydrogens is 298 g/mol. The zero-order valence-electron chi connectivity index (χ0n) is 12.4. The first-order valence-corrected chi connectivity index (χ1v) is 7.37. The summed E-state index contributed by atoms with van der Waals surface area (Å²) in [6, 6.07) is 14.7. The number of carbonyl (C=O) groups excluding carboxylic acids is 1. The average molecular weight is 314 g/mol. The maximum Gasteiger partial charge on any atom is 0.253 e. The van der Waals surface area contributed by atoms with Crippen LogP contribution in [0.3, 0.4) is 0 Å². The third-order valence-corrected chi connectivity index (χ3v) is 3.86. The predicted molar refractivity (Wildman–Crippen MR) is 88.0 cm³/mol. The molecule has 0 fully saturated rings. The number of aromatic amines is 1. The number of hydrogen-bond acceptors (Lipinski definition) is 2. The fourth-order valence-electron chi connectivity index (χ4n) is 2.30. The molecule has 0 saturated heterocycles. The maximum absolute atomic E-state index is 12.4. The molecule has 0 aliphatic heterocycles. The minimum atomic E-state index is -0.644. The molecule has 1 aromatic heterocycles. The molecule has 1 amide bonds. The number of para-hydroxylation sites is 2. The Balaban J connectivity index is 1.89. The van der Waals surface area contributed by atoms with Crippen LogP contribution in [0.25, 0.3) is 11.0 Å². The van der Waals surface area contributed by atoms with Crippen LogP contribution in [-0.2, 0) is 5.54 Å². The summed E-state index contributed by atoms with van der Waals surface area (Å²) in [7, 11) is 0. The summed E-state index contributed by atoms with van der Waals surface area (Å²) >= 11 is 6.07. The van der Waals surface area contributed by atoms with E-state index in [0.717, 1.165) is 11.0 Å². The summed E-state index contributed by atoms with van der Waals surface area (Å²) in [6.07, 6.45) is 0. The van der Waals surface area contributed by atoms with E-state index in [1.165, 1.54) is 0 Å². The highest BCUT2D eigenvalue weighted by Crippen LogP contribution is 2.22. The third kappa shape index (κ3) is 2.70. The van der Waals surface area contributed by atoms with E-state index in [1.807, 2.05) is 38.1 Å². The first kappa shape index (κ1) is 14.6. The van der Waals surface area contributed by atoms with Crippen LogP contribution in [0, 0.1) is 0 Å². The van der Waals surface area contributed by atoms with Gasteiger partial charge in [-0.1, -0.05) is 35.9 Å². The highest BCUT2D eigenvalue weighted by Gasteiger charge is 2.27. The zero-order valence-corrected chi connectivity index (χ0v) is 13.1. The molecule has 4 nitrogen and oxygen atoms in total. The molecule has 1 heterocycles. The van der Waals surface area contributed by atoms with Gasteiger partial charge in [-0.15, -0.1) is 0 Å². The van der Waals surface area contributed by atoms with Gasteiger partial charge in [-0.05, 0) is 38.1 Å². The molecule has 3 aromatic rings. The second-order valence-electron chi connectivity index (χ2n) is 5.66. The number of halogens is 1. The van der Waals surface area contributed by atoms with Crippen LogP contribution in [0.2, 0.25) is 5.02 Å². The van der Waals surface area contributed by atoms with Gasteiger partial charge >= 0.3 is 0 Å². The van der Waals surface area contributed by atoms with E-state index in [1.54, 1.807) is 24.3 Å². The lowest BCUT2D eigenvalue weighted by atomic mass is 10.0. The normalized spacial score (nSPS) is 11.6. The number of rotatable bonds is 3. The number of nitrogens with zero attached hydrogens (tertiary/aromatic N) is 1. The van der Waals surface area contributed by atoms with E-state index in [0.29, 0.717) is 16.4 Å². The Hall–Kier alpha value is -2.33. The first-order valence-electron chi connectivity index (χ1n) is 7.00. The number of amides is 1. The van der Waals surface area contributed by atoms with Crippen LogP contribution in [0.1, 0.15) is 30.0 Å². The van der Waals surface area contributed by atoms with Crippen molar-refractivity contribution in [3.05, 3.63) is 64.9 Å². The van der Waals surface area contributed by atoms with Gasteiger partial charge in [0, 0.05) is 0 Å². The number of hydrogen-bond donors (Lipinski definition) is 2. The van der Waals surface area contributed by atoms with E-state index in [4.69, 9.17) is 11.6 Å². The number of carbonyl (C=O) groups is 1. The molecule has 22 heavy (non-hydrogen) atoms. The van der Waals surface area contributed by atoms with Gasteiger partial charge in [-0.2, -0.15) is 0 Å². The highest BCUT2D eigenvalue weighted by molar-refractivity contribution is 6.33. The molecule has 0 unspecified atom stereocenters. The largest absolute Gasteiger partial charge is 0.340 e. The van der Waals surface area contributed by atoms with Crippen LogP contribution in [-0.4, -0.2) is 15.9 Å². The molecule has 0 aliphatic carbocycles. The molecule has 2 aromatic carbocycles. The highest BCUT2D eigenvalue weighted by atomic mass is 35.5. The van der Waals surface area contributed by atoms with Crippen LogP contribution in [0.5, 0.6) is 0 Å². The number of imidazole rings is 1. The van der Waals surface area contributed by atoms with Crippen LogP contribution in [0.15, 0.2) is 48.5 Å². The van der Waals surface area contributed by atoms with Crippen molar-refractivity contribution in [2.45, 2.75) is 19.4 Å². The van der Waals surface area contributed by atoms with Crippen molar-refractivity contribution in [1.82, 2.24) is 15.3 Å². The minimum absolute atomic E-state index is 0.226. The Morgan fingerprint density at radius 2 is 1.82 bits per heavy atom. The number of benzene rings is 2. The number of fused-ring (bicyclic) bond motifs is 1. The minimum Gasteiger partial charge on any atom is -0.340 e. The van der Waals surface area contributed by atoms with E-state index >= 15 is 0 Å². The quantitative estimate of drug-likeness (QED) is 0.771. The number of H-pyrrole nitrogens is 1. The molecule has 0 radical (unpaired) electrons. The molecule has 0 spiro atoms. The Morgan fingerprint density at radius 1 is 1.14 bits per heavy atom. The fourth-order valence-corrected chi connectivity index (χ4v) is 2.53. The van der Waals surface area contributed by atoms with Crippen molar-refractivity contribution in [3.8, 4) is 0 Å². The summed E-state index contributed by atoms with van der Waals surface area (Å²) in [5.41, 5.74) is 1.62. The molecular formula is C17H16ClN3O. The second kappa shape index (κ2) is 5.46. The summed E-state index contributed by atoms with van der Waals surface area (Å²) in [5.74, 6) is 0.477. The van der Waals surface area contributed by atoms with Crippen LogP contribution < -0.4 is 5.32 Å². The Bertz CT molecular complexity index is 806. The second-order valence-corrected chi connectivity index (χ2v) is 6.07. The number of aromatic nitrogens is 2. The Labute approximate surface area is 133 Å². The molecule has 2 N–H and O–H groups in total. The summed E-state index contributed by atoms with van der Waals surface area (Å²) in [5, 5.41) is 3.40. The lowest BCUT2D eigenvalue weighted by Crippen LogP contribution is -2.42. The summed E-state index contributed by atoms with van der Waals surface area (Å²) in [4.78, 5) is 20.2. The topological polar surface area (TPSA) is 57.8 Å². The molecule has 112 valence electrons. The number of nitrogens with one attached hydrogen (secondary N) is 2. The Morgan fingerprint density at radius 3 is 2.55 bits per heavy atom. The van der Waals surface area contributed by atoms with Gasteiger partial charge in [0.05, 0.1) is 27.2 Å². The van der Waals surface area contributed by atoms with E-state index in [9.17, 15) is 4.79 Å². The molecule has 0 saturated carbocycles. The summed E-state index contributed by atoms with van der Waals surface area (Å²) < 4.78 is 0. The van der Waals surface area contributed by atoms with Crippen molar-refractivity contribution in [2.75, 3.05) is 0 Å². The molecule has 5 heteroatoms. The standard InChI is InChI=1S/C17H16ClN3O/c1-17(2,16-19-13-9-5-6-10-14(13)20-16)21-15(22)11-7-3-4-8-12(11)18/h3-10H,1-2H3,(H,19,20)(H,21,22). The van der Waals surface area contributed by atoms with Crippen LogP contribution in [0.4, 0.5) is 0 Å². The third-order valence-electron chi connectivity index (χ3n) is 3.53. The van der Waals surface area contributed by atoms with Gasteiger partial charge in [-0.3, -0.25) is 4.79 Å². The van der Waals surface area contributed by atoms with Gasteiger partial charge in [0.1, 0.15) is 5.82 Å². The van der Waals surface area contributed by atoms with Gasteiger partial charge in [0.15, 0.2) is 0 Å². The fraction of sp³-hybridized carbons (Fsp3) is 0.176. The summed E-state index contributed by atoms with van der Waals surface area (Å²) in [6.45, 7) is 3.80. The lowest BCUT2D eigenvalue weighted by molar-refractivity contribution is 0.0909. The predicted octanol–water partition coefficient (Wildman–Crippen LogP) is 3.88.